The highest BCUT2D eigenvalue weighted by molar-refractivity contribution is 6.04. The Morgan fingerprint density at radius 1 is 0.971 bits per heavy atom. The molecule has 1 N–H and O–H groups in total. The summed E-state index contributed by atoms with van der Waals surface area (Å²) in [6, 6.07) is 20.9. The van der Waals surface area contributed by atoms with Crippen LogP contribution in [0.1, 0.15) is 28.4 Å². The minimum Gasteiger partial charge on any atom is -0.490 e. The fraction of sp³-hybridized carbons (Fsp3) is 0.148. The zero-order chi connectivity index (χ0) is 25.2. The zero-order valence-corrected chi connectivity index (χ0v) is 19.4. The van der Waals surface area contributed by atoms with E-state index in [1.165, 1.54) is 0 Å². The van der Waals surface area contributed by atoms with Gasteiger partial charge in [-0.05, 0) is 86.1 Å². The number of carbonyl (C=O) groups is 2. The Hall–Kier alpha value is -4.77. The number of azo groups is 1. The number of hydrogen-bond donors (Lipinski definition) is 1. The Morgan fingerprint density at radius 2 is 1.63 bits per heavy atom. The summed E-state index contributed by atoms with van der Waals surface area (Å²) in [5.74, 6) is -0.165. The molecule has 8 heteroatoms. The molecule has 0 spiro atoms. The van der Waals surface area contributed by atoms with Crippen molar-refractivity contribution in [1.29, 1.82) is 5.26 Å². The zero-order valence-electron chi connectivity index (χ0n) is 19.4. The molecule has 0 aliphatic rings. The van der Waals surface area contributed by atoms with Crippen molar-refractivity contribution >= 4 is 28.9 Å². The Bertz CT molecular complexity index is 1290. The fourth-order valence-electron chi connectivity index (χ4n) is 2.88. The van der Waals surface area contributed by atoms with Gasteiger partial charge in [-0.1, -0.05) is 6.58 Å². The van der Waals surface area contributed by atoms with Gasteiger partial charge in [0.15, 0.2) is 0 Å². The molecule has 0 aromatic heterocycles. The van der Waals surface area contributed by atoms with Gasteiger partial charge in [-0.25, -0.2) is 4.79 Å². The van der Waals surface area contributed by atoms with Crippen molar-refractivity contribution in [2.24, 2.45) is 10.2 Å². The van der Waals surface area contributed by atoms with Crippen LogP contribution in [0.15, 0.2) is 89.1 Å². The molecule has 0 aliphatic carbocycles. The molecule has 0 bridgehead atoms. The summed E-state index contributed by atoms with van der Waals surface area (Å²) >= 11 is 0. The van der Waals surface area contributed by atoms with Crippen LogP contribution in [-0.4, -0.2) is 25.1 Å². The second-order valence-electron chi connectivity index (χ2n) is 7.60. The van der Waals surface area contributed by atoms with Crippen LogP contribution in [0.3, 0.4) is 0 Å². The van der Waals surface area contributed by atoms with Gasteiger partial charge in [-0.15, -0.1) is 0 Å². The fourth-order valence-corrected chi connectivity index (χ4v) is 2.88. The van der Waals surface area contributed by atoms with Crippen LogP contribution < -0.4 is 10.1 Å². The molecule has 8 nitrogen and oxygen atoms in total. The molecule has 0 aliphatic heterocycles. The van der Waals surface area contributed by atoms with E-state index < -0.39 is 5.97 Å². The lowest BCUT2D eigenvalue weighted by atomic mass is 10.1. The van der Waals surface area contributed by atoms with Crippen LogP contribution in [0.25, 0.3) is 0 Å². The highest BCUT2D eigenvalue weighted by atomic mass is 16.6. The van der Waals surface area contributed by atoms with Crippen molar-refractivity contribution in [2.75, 3.05) is 18.5 Å². The number of ether oxygens (including phenoxy) is 2. The van der Waals surface area contributed by atoms with E-state index in [-0.39, 0.29) is 19.1 Å². The van der Waals surface area contributed by atoms with Gasteiger partial charge in [0.05, 0.1) is 23.0 Å². The molecule has 3 aromatic carbocycles. The number of esters is 1. The number of hydrogen-bond acceptors (Lipinski definition) is 7. The number of nitriles is 1. The Kier molecular flexibility index (Phi) is 8.46. The lowest BCUT2D eigenvalue weighted by Gasteiger charge is -2.10. The second-order valence-corrected chi connectivity index (χ2v) is 7.60. The van der Waals surface area contributed by atoms with Gasteiger partial charge in [0.25, 0.3) is 5.91 Å². The van der Waals surface area contributed by atoms with Crippen LogP contribution in [0.2, 0.25) is 0 Å². The maximum Gasteiger partial charge on any atom is 0.333 e. The van der Waals surface area contributed by atoms with E-state index in [2.05, 4.69) is 28.2 Å². The molecule has 0 atom stereocenters. The van der Waals surface area contributed by atoms with Crippen molar-refractivity contribution in [1.82, 2.24) is 0 Å². The maximum absolute atomic E-state index is 12.6. The number of nitrogens with one attached hydrogen (secondary N) is 1. The summed E-state index contributed by atoms with van der Waals surface area (Å²) in [6.45, 7) is 7.26. The van der Waals surface area contributed by atoms with Crippen LogP contribution in [-0.2, 0) is 9.53 Å². The molecule has 0 fully saturated rings. The van der Waals surface area contributed by atoms with Gasteiger partial charge in [-0.2, -0.15) is 15.5 Å². The summed E-state index contributed by atoms with van der Waals surface area (Å²) in [7, 11) is 0. The molecule has 0 saturated carbocycles. The molecule has 1 amide bonds. The first-order valence-electron chi connectivity index (χ1n) is 10.7. The molecule has 3 rings (SSSR count). The number of anilines is 1. The van der Waals surface area contributed by atoms with Crippen molar-refractivity contribution in [3.8, 4) is 11.8 Å². The first kappa shape index (κ1) is 24.9. The van der Waals surface area contributed by atoms with E-state index >= 15 is 0 Å². The van der Waals surface area contributed by atoms with Crippen LogP contribution >= 0.6 is 0 Å². The highest BCUT2D eigenvalue weighted by Crippen LogP contribution is 2.25. The second kappa shape index (κ2) is 11.9. The smallest absolute Gasteiger partial charge is 0.333 e. The van der Waals surface area contributed by atoms with Gasteiger partial charge in [0, 0.05) is 16.8 Å². The van der Waals surface area contributed by atoms with E-state index in [9.17, 15) is 9.59 Å². The van der Waals surface area contributed by atoms with E-state index in [0.717, 1.165) is 5.56 Å². The van der Waals surface area contributed by atoms with Crippen molar-refractivity contribution in [3.63, 3.8) is 0 Å². The number of aryl methyl sites for hydroxylation is 1. The Morgan fingerprint density at radius 3 is 2.26 bits per heavy atom. The molecule has 35 heavy (non-hydrogen) atoms. The third-order valence-corrected chi connectivity index (χ3v) is 4.79. The molecule has 0 unspecified atom stereocenters. The quantitative estimate of drug-likeness (QED) is 0.178. The van der Waals surface area contributed by atoms with E-state index in [4.69, 9.17) is 14.7 Å². The molecule has 3 aromatic rings. The van der Waals surface area contributed by atoms with Gasteiger partial charge >= 0.3 is 5.97 Å². The number of benzene rings is 3. The van der Waals surface area contributed by atoms with Crippen LogP contribution in [0.5, 0.6) is 5.75 Å². The van der Waals surface area contributed by atoms with Crippen LogP contribution in [0, 0.1) is 18.3 Å². The molecular weight excluding hydrogens is 444 g/mol. The number of amides is 1. The van der Waals surface area contributed by atoms with Crippen molar-refractivity contribution in [2.45, 2.75) is 13.8 Å². The Balaban J connectivity index is 1.54. The monoisotopic (exact) mass is 468 g/mol. The normalized spacial score (nSPS) is 10.4. The summed E-state index contributed by atoms with van der Waals surface area (Å²) in [5.41, 5.74) is 4.13. The van der Waals surface area contributed by atoms with E-state index in [0.29, 0.717) is 39.5 Å². The van der Waals surface area contributed by atoms with Gasteiger partial charge in [0.2, 0.25) is 0 Å². The minimum atomic E-state index is -0.460. The summed E-state index contributed by atoms with van der Waals surface area (Å²) in [6.07, 6.45) is 0. The summed E-state index contributed by atoms with van der Waals surface area (Å²) < 4.78 is 10.5. The molecular formula is C27H24N4O4. The molecule has 0 saturated heterocycles. The van der Waals surface area contributed by atoms with E-state index in [1.54, 1.807) is 67.6 Å². The lowest BCUT2D eigenvalue weighted by Crippen LogP contribution is -2.13. The van der Waals surface area contributed by atoms with Gasteiger partial charge < -0.3 is 14.8 Å². The van der Waals surface area contributed by atoms with Gasteiger partial charge in [-0.3, -0.25) is 4.79 Å². The average Bonchev–Trinajstić information content (AvgIpc) is 2.87. The lowest BCUT2D eigenvalue weighted by molar-refractivity contribution is -0.139. The summed E-state index contributed by atoms with van der Waals surface area (Å²) in [5, 5.41) is 20.1. The largest absolute Gasteiger partial charge is 0.490 e. The third kappa shape index (κ3) is 7.37. The molecule has 176 valence electrons. The molecule has 0 radical (unpaired) electrons. The minimum absolute atomic E-state index is 0.107. The third-order valence-electron chi connectivity index (χ3n) is 4.79. The Labute approximate surface area is 203 Å². The van der Waals surface area contributed by atoms with Crippen LogP contribution in [0.4, 0.5) is 17.1 Å². The highest BCUT2D eigenvalue weighted by Gasteiger charge is 2.09. The average molecular weight is 469 g/mol. The predicted molar refractivity (Wildman–Crippen MR) is 132 cm³/mol. The summed E-state index contributed by atoms with van der Waals surface area (Å²) in [4.78, 5) is 24.0. The van der Waals surface area contributed by atoms with Gasteiger partial charge in [0.1, 0.15) is 19.0 Å². The maximum atomic E-state index is 12.6. The number of nitrogens with zero attached hydrogens (tertiary/aromatic N) is 3. The first-order chi connectivity index (χ1) is 16.9. The standard InChI is InChI=1S/C27H24N4O4/c1-18(2)27(33)35-15-14-34-24-11-6-21(7-12-24)26(32)29-25-13-10-23(16-19(25)3)31-30-22-8-4-20(17-28)5-9-22/h4-13,16H,1,14-15H2,2-3H3,(H,29,32). The first-order valence-corrected chi connectivity index (χ1v) is 10.7. The van der Waals surface area contributed by atoms with Crippen molar-refractivity contribution < 1.29 is 19.1 Å². The van der Waals surface area contributed by atoms with E-state index in [1.807, 2.05) is 13.0 Å². The molecule has 0 heterocycles. The number of carbonyl (C=O) groups excluding carboxylic acids is 2. The predicted octanol–water partition coefficient (Wildman–Crippen LogP) is 6.03. The number of rotatable bonds is 9. The SMILES string of the molecule is C=C(C)C(=O)OCCOc1ccc(C(=O)Nc2ccc(N=Nc3ccc(C#N)cc3)cc2C)cc1. The van der Waals surface area contributed by atoms with Crippen molar-refractivity contribution in [3.05, 3.63) is 95.6 Å². The topological polar surface area (TPSA) is 113 Å².